The maximum atomic E-state index is 12.5. The molecule has 1 atom stereocenters. The van der Waals surface area contributed by atoms with Crippen molar-refractivity contribution in [3.63, 3.8) is 0 Å². The van der Waals surface area contributed by atoms with Crippen LogP contribution in [0.5, 0.6) is 0 Å². The number of oxazole rings is 1. The maximum Gasteiger partial charge on any atom is 0.419 e. The first-order valence-corrected chi connectivity index (χ1v) is 9.00. The number of nitro benzene ring substituents is 1. The number of benzene rings is 1. The van der Waals surface area contributed by atoms with E-state index in [2.05, 4.69) is 13.8 Å². The molecule has 1 unspecified atom stereocenters. The average Bonchev–Trinajstić information content (AvgIpc) is 2.91. The Labute approximate surface area is 155 Å². The Hall–Kier alpha value is -2.68. The zero-order chi connectivity index (χ0) is 19.8. The molecule has 1 aromatic carbocycles. The summed E-state index contributed by atoms with van der Waals surface area (Å²) in [5.41, 5.74) is 6.53. The topological polar surface area (TPSA) is 125 Å². The van der Waals surface area contributed by atoms with Crippen LogP contribution in [-0.2, 0) is 11.3 Å². The molecule has 3 rings (SSSR count). The van der Waals surface area contributed by atoms with Crippen molar-refractivity contribution >= 4 is 22.7 Å². The second-order valence-corrected chi connectivity index (χ2v) is 7.73. The molecule has 1 saturated heterocycles. The first-order chi connectivity index (χ1) is 12.7. The molecule has 1 aliphatic heterocycles. The summed E-state index contributed by atoms with van der Waals surface area (Å²) in [7, 11) is 0. The van der Waals surface area contributed by atoms with Crippen molar-refractivity contribution in [1.82, 2.24) is 9.47 Å². The van der Waals surface area contributed by atoms with Crippen LogP contribution in [0.25, 0.3) is 11.1 Å². The molecule has 2 N–H and O–H groups in total. The van der Waals surface area contributed by atoms with Crippen LogP contribution in [0.1, 0.15) is 33.1 Å². The number of hydrogen-bond acceptors (Lipinski definition) is 6. The number of aryl methyl sites for hydroxylation is 1. The Morgan fingerprint density at radius 3 is 2.85 bits per heavy atom. The van der Waals surface area contributed by atoms with Crippen molar-refractivity contribution in [2.24, 2.45) is 11.1 Å². The number of piperidine rings is 1. The Kier molecular flexibility index (Phi) is 5.05. The number of nitro groups is 1. The van der Waals surface area contributed by atoms with Gasteiger partial charge in [-0.1, -0.05) is 13.8 Å². The number of carbonyl (C=O) groups is 1. The van der Waals surface area contributed by atoms with Gasteiger partial charge in [-0.2, -0.15) is 0 Å². The molecule has 0 aliphatic carbocycles. The third-order valence-electron chi connectivity index (χ3n) is 5.30. The lowest BCUT2D eigenvalue weighted by Gasteiger charge is -2.42. The minimum atomic E-state index is -0.581. The van der Waals surface area contributed by atoms with E-state index in [4.69, 9.17) is 10.2 Å². The van der Waals surface area contributed by atoms with Crippen molar-refractivity contribution in [1.29, 1.82) is 0 Å². The number of fused-ring (bicyclic) bond motifs is 1. The number of carbonyl (C=O) groups excluding carboxylic acids is 1. The minimum Gasteiger partial charge on any atom is -0.407 e. The molecule has 0 radical (unpaired) electrons. The predicted octanol–water partition coefficient (Wildman–Crippen LogP) is 1.87. The number of nitrogens with zero attached hydrogens (tertiary/aromatic N) is 3. The molecule has 0 spiro atoms. The molecule has 1 fully saturated rings. The van der Waals surface area contributed by atoms with E-state index in [0.29, 0.717) is 38.0 Å². The smallest absolute Gasteiger partial charge is 0.407 e. The van der Waals surface area contributed by atoms with Crippen molar-refractivity contribution in [3.05, 3.63) is 38.9 Å². The lowest BCUT2D eigenvalue weighted by atomic mass is 9.79. The lowest BCUT2D eigenvalue weighted by Crippen LogP contribution is -2.53. The van der Waals surface area contributed by atoms with E-state index in [1.165, 1.54) is 22.8 Å². The Bertz CT molecular complexity index is 929. The van der Waals surface area contributed by atoms with Crippen LogP contribution in [0.3, 0.4) is 0 Å². The zero-order valence-corrected chi connectivity index (χ0v) is 15.5. The monoisotopic (exact) mass is 376 g/mol. The third kappa shape index (κ3) is 3.87. The van der Waals surface area contributed by atoms with Crippen LogP contribution < -0.4 is 11.5 Å². The van der Waals surface area contributed by atoms with Crippen molar-refractivity contribution < 1.29 is 14.1 Å². The van der Waals surface area contributed by atoms with Gasteiger partial charge in [0.25, 0.3) is 5.69 Å². The molecule has 0 saturated carbocycles. The van der Waals surface area contributed by atoms with Crippen molar-refractivity contribution in [2.75, 3.05) is 13.1 Å². The number of nitrogens with two attached hydrogens (primary N) is 1. The van der Waals surface area contributed by atoms with Crippen LogP contribution in [-0.4, -0.2) is 39.4 Å². The average molecular weight is 376 g/mol. The van der Waals surface area contributed by atoms with Crippen LogP contribution in [0.4, 0.5) is 5.69 Å². The second kappa shape index (κ2) is 7.15. The molecule has 1 aromatic heterocycles. The largest absolute Gasteiger partial charge is 0.419 e. The fourth-order valence-electron chi connectivity index (χ4n) is 3.51. The summed E-state index contributed by atoms with van der Waals surface area (Å²) in [6.45, 7) is 5.72. The first-order valence-electron chi connectivity index (χ1n) is 9.00. The molecule has 0 bridgehead atoms. The van der Waals surface area contributed by atoms with Gasteiger partial charge >= 0.3 is 5.76 Å². The van der Waals surface area contributed by atoms with Gasteiger partial charge in [0.2, 0.25) is 5.91 Å². The van der Waals surface area contributed by atoms with Gasteiger partial charge in [-0.05, 0) is 24.3 Å². The van der Waals surface area contributed by atoms with Gasteiger partial charge in [0.15, 0.2) is 5.58 Å². The molecule has 2 heterocycles. The van der Waals surface area contributed by atoms with Crippen molar-refractivity contribution in [3.8, 4) is 0 Å². The first kappa shape index (κ1) is 19.1. The van der Waals surface area contributed by atoms with Gasteiger partial charge in [0.05, 0.1) is 16.5 Å². The van der Waals surface area contributed by atoms with Gasteiger partial charge in [0, 0.05) is 38.2 Å². The summed E-state index contributed by atoms with van der Waals surface area (Å²) in [5, 5.41) is 10.8. The molecule has 9 nitrogen and oxygen atoms in total. The molecule has 146 valence electrons. The SMILES string of the molecule is CC1(C)CN(C(=O)CCCn2c(=O)oc3cc([N+](=O)[O-])ccc32)CCC1N. The van der Waals surface area contributed by atoms with Gasteiger partial charge < -0.3 is 15.1 Å². The molecule has 27 heavy (non-hydrogen) atoms. The van der Waals surface area contributed by atoms with E-state index in [-0.39, 0.29) is 28.6 Å². The van der Waals surface area contributed by atoms with E-state index in [1.807, 2.05) is 4.90 Å². The number of hydrogen-bond donors (Lipinski definition) is 1. The second-order valence-electron chi connectivity index (χ2n) is 7.73. The van der Waals surface area contributed by atoms with Crippen LogP contribution in [0.2, 0.25) is 0 Å². The van der Waals surface area contributed by atoms with Crippen molar-refractivity contribution in [2.45, 2.75) is 45.7 Å². The highest BCUT2D eigenvalue weighted by Crippen LogP contribution is 2.28. The predicted molar refractivity (Wildman–Crippen MR) is 99.3 cm³/mol. The molecule has 9 heteroatoms. The van der Waals surface area contributed by atoms with Gasteiger partial charge in [-0.15, -0.1) is 0 Å². The fraction of sp³-hybridized carbons (Fsp3) is 0.556. The minimum absolute atomic E-state index is 0.0477. The Morgan fingerprint density at radius 2 is 2.19 bits per heavy atom. The van der Waals surface area contributed by atoms with E-state index in [0.717, 1.165) is 6.42 Å². The quantitative estimate of drug-likeness (QED) is 0.627. The molecule has 1 amide bonds. The highest BCUT2D eigenvalue weighted by Gasteiger charge is 2.35. The molecular weight excluding hydrogens is 352 g/mol. The van der Waals surface area contributed by atoms with Gasteiger partial charge in [-0.3, -0.25) is 19.5 Å². The van der Waals surface area contributed by atoms with E-state index in [9.17, 15) is 19.7 Å². The molecular formula is C18H24N4O5. The summed E-state index contributed by atoms with van der Waals surface area (Å²) in [6.07, 6.45) is 1.58. The third-order valence-corrected chi connectivity index (χ3v) is 5.30. The van der Waals surface area contributed by atoms with Gasteiger partial charge in [-0.25, -0.2) is 4.79 Å². The zero-order valence-electron chi connectivity index (χ0n) is 15.5. The summed E-state index contributed by atoms with van der Waals surface area (Å²) >= 11 is 0. The van der Waals surface area contributed by atoms with E-state index >= 15 is 0 Å². The Morgan fingerprint density at radius 1 is 1.44 bits per heavy atom. The maximum absolute atomic E-state index is 12.5. The van der Waals surface area contributed by atoms with E-state index < -0.39 is 10.7 Å². The fourth-order valence-corrected chi connectivity index (χ4v) is 3.51. The highest BCUT2D eigenvalue weighted by atomic mass is 16.6. The van der Waals surface area contributed by atoms with Crippen LogP contribution in [0, 0.1) is 15.5 Å². The number of rotatable bonds is 5. The summed E-state index contributed by atoms with van der Waals surface area (Å²) in [4.78, 5) is 36.6. The highest BCUT2D eigenvalue weighted by molar-refractivity contribution is 5.77. The lowest BCUT2D eigenvalue weighted by molar-refractivity contribution is -0.384. The number of likely N-dealkylation sites (tertiary alicyclic amines) is 1. The van der Waals surface area contributed by atoms with E-state index in [1.54, 1.807) is 0 Å². The Balaban J connectivity index is 1.64. The number of aromatic nitrogens is 1. The van der Waals surface area contributed by atoms with Crippen LogP contribution >= 0.6 is 0 Å². The van der Waals surface area contributed by atoms with Crippen LogP contribution in [0.15, 0.2) is 27.4 Å². The summed E-state index contributed by atoms with van der Waals surface area (Å²) in [6, 6.07) is 4.14. The standard InChI is InChI=1S/C18H24N4O5/c1-18(2)11-20(9-7-15(18)19)16(23)4-3-8-21-13-6-5-12(22(25)26)10-14(13)27-17(21)24/h5-6,10,15H,3-4,7-9,11,19H2,1-2H3. The normalized spacial score (nSPS) is 19.4. The number of non-ortho nitro benzene ring substituents is 1. The summed E-state index contributed by atoms with van der Waals surface area (Å²) < 4.78 is 6.50. The molecule has 1 aliphatic rings. The molecule has 2 aromatic rings. The summed E-state index contributed by atoms with van der Waals surface area (Å²) in [5.74, 6) is -0.533. The van der Waals surface area contributed by atoms with Gasteiger partial charge in [0.1, 0.15) is 0 Å². The number of amides is 1.